The largest absolute Gasteiger partial charge is 0.450 e. The van der Waals surface area contributed by atoms with Crippen molar-refractivity contribution in [1.29, 1.82) is 0 Å². The highest BCUT2D eigenvalue weighted by Gasteiger charge is 2.42. The molecule has 1 aromatic heterocycles. The third-order valence-corrected chi connectivity index (χ3v) is 5.75. The minimum atomic E-state index is -0.520. The molecule has 1 unspecified atom stereocenters. The summed E-state index contributed by atoms with van der Waals surface area (Å²) in [5.41, 5.74) is 3.47. The van der Waals surface area contributed by atoms with Crippen LogP contribution in [0.4, 0.5) is 0 Å². The fourth-order valence-corrected chi connectivity index (χ4v) is 4.20. The van der Waals surface area contributed by atoms with Crippen LogP contribution in [0.3, 0.4) is 0 Å². The molecule has 0 bridgehead atoms. The molecule has 0 aliphatic carbocycles. The molecule has 0 saturated carbocycles. The van der Waals surface area contributed by atoms with Gasteiger partial charge in [0.05, 0.1) is 17.0 Å². The number of hydrogen-bond donors (Lipinski definition) is 0. The zero-order chi connectivity index (χ0) is 20.8. The molecule has 5 heteroatoms. The first-order valence-electron chi connectivity index (χ1n) is 9.70. The Hall–Kier alpha value is -3.37. The summed E-state index contributed by atoms with van der Waals surface area (Å²) < 4.78 is 5.95. The van der Waals surface area contributed by atoms with Crippen molar-refractivity contribution in [2.75, 3.05) is 0 Å². The Labute approximate surface area is 178 Å². The van der Waals surface area contributed by atoms with Crippen molar-refractivity contribution in [2.45, 2.75) is 19.5 Å². The van der Waals surface area contributed by atoms with E-state index in [0.29, 0.717) is 28.1 Å². The highest BCUT2D eigenvalue weighted by atomic mass is 35.5. The average Bonchev–Trinajstić information content (AvgIpc) is 3.02. The van der Waals surface area contributed by atoms with Crippen LogP contribution in [-0.4, -0.2) is 10.8 Å². The zero-order valence-electron chi connectivity index (χ0n) is 16.3. The number of carbonyl (C=O) groups is 1. The summed E-state index contributed by atoms with van der Waals surface area (Å²) in [5, 5.41) is 0.833. The normalized spacial score (nSPS) is 15.6. The SMILES string of the molecule is Cc1ccc(C2c3c(oc4ccc(Cl)cc4c3=O)C(=O)N2Cc2ccccc2)cc1. The summed E-state index contributed by atoms with van der Waals surface area (Å²) in [5.74, 6) is -0.176. The molecule has 1 amide bonds. The smallest absolute Gasteiger partial charge is 0.291 e. The van der Waals surface area contributed by atoms with Crippen molar-refractivity contribution < 1.29 is 9.21 Å². The molecular weight excluding hydrogens is 398 g/mol. The van der Waals surface area contributed by atoms with Crippen molar-refractivity contribution in [1.82, 2.24) is 4.90 Å². The highest BCUT2D eigenvalue weighted by molar-refractivity contribution is 6.31. The monoisotopic (exact) mass is 415 g/mol. The Morgan fingerprint density at radius 2 is 1.70 bits per heavy atom. The van der Waals surface area contributed by atoms with Gasteiger partial charge in [0.2, 0.25) is 5.76 Å². The Morgan fingerprint density at radius 1 is 0.967 bits per heavy atom. The van der Waals surface area contributed by atoms with Crippen LogP contribution < -0.4 is 5.43 Å². The lowest BCUT2D eigenvalue weighted by Gasteiger charge is -2.25. The number of aryl methyl sites for hydroxylation is 1. The number of nitrogens with zero attached hydrogens (tertiary/aromatic N) is 1. The van der Waals surface area contributed by atoms with Gasteiger partial charge in [-0.1, -0.05) is 71.8 Å². The van der Waals surface area contributed by atoms with E-state index in [9.17, 15) is 9.59 Å². The van der Waals surface area contributed by atoms with Crippen LogP contribution in [0.5, 0.6) is 0 Å². The summed E-state index contributed by atoms with van der Waals surface area (Å²) in [4.78, 5) is 28.6. The second-order valence-electron chi connectivity index (χ2n) is 7.55. The summed E-state index contributed by atoms with van der Waals surface area (Å²) >= 11 is 6.12. The summed E-state index contributed by atoms with van der Waals surface area (Å²) in [6, 6.07) is 22.0. The lowest BCUT2D eigenvalue weighted by Crippen LogP contribution is -2.29. The Morgan fingerprint density at radius 3 is 2.43 bits per heavy atom. The third kappa shape index (κ3) is 3.01. The van der Waals surface area contributed by atoms with E-state index in [1.54, 1.807) is 23.1 Å². The van der Waals surface area contributed by atoms with Crippen molar-refractivity contribution >= 4 is 28.5 Å². The molecule has 30 heavy (non-hydrogen) atoms. The van der Waals surface area contributed by atoms with Gasteiger partial charge in [-0.3, -0.25) is 9.59 Å². The lowest BCUT2D eigenvalue weighted by atomic mass is 9.97. The van der Waals surface area contributed by atoms with Gasteiger partial charge >= 0.3 is 0 Å². The van der Waals surface area contributed by atoms with E-state index in [0.717, 1.165) is 16.7 Å². The quantitative estimate of drug-likeness (QED) is 0.444. The average molecular weight is 416 g/mol. The topological polar surface area (TPSA) is 50.5 Å². The first-order chi connectivity index (χ1) is 14.5. The first-order valence-corrected chi connectivity index (χ1v) is 10.1. The highest BCUT2D eigenvalue weighted by Crippen LogP contribution is 2.39. The van der Waals surface area contributed by atoms with Gasteiger partial charge in [0.25, 0.3) is 5.91 Å². The molecular formula is C25H18ClNO3. The maximum atomic E-state index is 13.5. The predicted octanol–water partition coefficient (Wildman–Crippen LogP) is 5.50. The van der Waals surface area contributed by atoms with Crippen molar-refractivity contribution in [3.8, 4) is 0 Å². The van der Waals surface area contributed by atoms with Gasteiger partial charge in [-0.2, -0.15) is 0 Å². The van der Waals surface area contributed by atoms with Crippen LogP contribution in [-0.2, 0) is 6.54 Å². The van der Waals surface area contributed by atoms with Gasteiger partial charge in [-0.25, -0.2) is 0 Å². The Bertz CT molecular complexity index is 1330. The van der Waals surface area contributed by atoms with E-state index >= 15 is 0 Å². The van der Waals surface area contributed by atoms with Crippen LogP contribution in [0.25, 0.3) is 11.0 Å². The summed E-state index contributed by atoms with van der Waals surface area (Å²) in [6.07, 6.45) is 0. The molecule has 0 N–H and O–H groups in total. The molecule has 0 radical (unpaired) electrons. The second kappa shape index (κ2) is 7.15. The number of benzene rings is 3. The molecule has 4 aromatic rings. The van der Waals surface area contributed by atoms with E-state index in [1.807, 2.05) is 61.5 Å². The van der Waals surface area contributed by atoms with E-state index in [1.165, 1.54) is 0 Å². The standard InChI is InChI=1S/C25H18ClNO3/c1-15-7-9-17(10-8-15)22-21-23(28)19-13-18(26)11-12-20(19)30-24(21)25(29)27(22)14-16-5-3-2-4-6-16/h2-13,22H,14H2,1H3. The fraction of sp³-hybridized carbons (Fsp3) is 0.120. The molecule has 0 saturated heterocycles. The second-order valence-corrected chi connectivity index (χ2v) is 7.98. The van der Waals surface area contributed by atoms with Crippen LogP contribution in [0.2, 0.25) is 5.02 Å². The van der Waals surface area contributed by atoms with Gasteiger partial charge in [-0.05, 0) is 36.2 Å². The molecule has 5 rings (SSSR count). The molecule has 0 spiro atoms. The molecule has 2 heterocycles. The molecule has 4 nitrogen and oxygen atoms in total. The molecule has 0 fully saturated rings. The van der Waals surface area contributed by atoms with Crippen molar-refractivity contribution in [2.24, 2.45) is 0 Å². The molecule has 148 valence electrons. The molecule has 1 atom stereocenters. The number of hydrogen-bond acceptors (Lipinski definition) is 3. The number of amides is 1. The van der Waals surface area contributed by atoms with Gasteiger partial charge in [0.1, 0.15) is 5.58 Å². The van der Waals surface area contributed by atoms with Crippen molar-refractivity contribution in [3.63, 3.8) is 0 Å². The van der Waals surface area contributed by atoms with E-state index in [4.69, 9.17) is 16.0 Å². The number of carbonyl (C=O) groups excluding carboxylic acids is 1. The zero-order valence-corrected chi connectivity index (χ0v) is 17.0. The van der Waals surface area contributed by atoms with Gasteiger partial charge < -0.3 is 9.32 Å². The van der Waals surface area contributed by atoms with E-state index < -0.39 is 6.04 Å². The van der Waals surface area contributed by atoms with Crippen LogP contribution in [0, 0.1) is 6.92 Å². The third-order valence-electron chi connectivity index (χ3n) is 5.52. The summed E-state index contributed by atoms with van der Waals surface area (Å²) in [6.45, 7) is 2.38. The van der Waals surface area contributed by atoms with Crippen LogP contribution in [0.1, 0.15) is 38.9 Å². The minimum absolute atomic E-state index is 0.108. The van der Waals surface area contributed by atoms with Crippen LogP contribution >= 0.6 is 11.6 Å². The maximum absolute atomic E-state index is 13.5. The van der Waals surface area contributed by atoms with Gasteiger partial charge in [0, 0.05) is 11.6 Å². The Kier molecular flexibility index (Phi) is 4.44. The number of rotatable bonds is 3. The van der Waals surface area contributed by atoms with Crippen LogP contribution in [0.15, 0.2) is 82.0 Å². The lowest BCUT2D eigenvalue weighted by molar-refractivity contribution is 0.0714. The van der Waals surface area contributed by atoms with E-state index in [-0.39, 0.29) is 17.1 Å². The molecule has 3 aromatic carbocycles. The predicted molar refractivity (Wildman–Crippen MR) is 117 cm³/mol. The Balaban J connectivity index is 1.74. The minimum Gasteiger partial charge on any atom is -0.450 e. The maximum Gasteiger partial charge on any atom is 0.291 e. The summed E-state index contributed by atoms with van der Waals surface area (Å²) in [7, 11) is 0. The van der Waals surface area contributed by atoms with Crippen molar-refractivity contribution in [3.05, 3.63) is 116 Å². The first kappa shape index (κ1) is 18.6. The number of halogens is 1. The van der Waals surface area contributed by atoms with Gasteiger partial charge in [0.15, 0.2) is 5.43 Å². The fourth-order valence-electron chi connectivity index (χ4n) is 4.03. The van der Waals surface area contributed by atoms with E-state index in [2.05, 4.69) is 0 Å². The molecule has 1 aliphatic heterocycles. The number of fused-ring (bicyclic) bond motifs is 2. The van der Waals surface area contributed by atoms with Gasteiger partial charge in [-0.15, -0.1) is 0 Å². The molecule has 1 aliphatic rings.